The summed E-state index contributed by atoms with van der Waals surface area (Å²) < 4.78 is 23.9. The molecule has 0 bridgehead atoms. The van der Waals surface area contributed by atoms with Crippen LogP contribution < -0.4 is 0 Å². The summed E-state index contributed by atoms with van der Waals surface area (Å²) in [5, 5.41) is 0.251. The summed E-state index contributed by atoms with van der Waals surface area (Å²) >= 11 is 0. The van der Waals surface area contributed by atoms with Gasteiger partial charge in [0.25, 0.3) is 5.91 Å². The molecule has 5 nitrogen and oxygen atoms in total. The standard InChI is InChI=1S/C16H18N2O3S/c1-11-12(2)22(20,21)10-9-18(11)16(19)14-7-8-17-15-6-4-3-5-13(14)15/h3-8,11-12H,9-10H2,1-2H3/t11-,12-/m0/s1. The maximum atomic E-state index is 12.9. The minimum atomic E-state index is -3.11. The third-order valence-corrected chi connectivity index (χ3v) is 6.77. The quantitative estimate of drug-likeness (QED) is 0.805. The Hall–Kier alpha value is -1.95. The van der Waals surface area contributed by atoms with Crippen LogP contribution in [-0.4, -0.2) is 47.8 Å². The van der Waals surface area contributed by atoms with Crippen LogP contribution in [0.25, 0.3) is 10.9 Å². The predicted molar refractivity (Wildman–Crippen MR) is 85.5 cm³/mol. The molecular formula is C16H18N2O3S. The van der Waals surface area contributed by atoms with Crippen molar-refractivity contribution in [3.8, 4) is 0 Å². The maximum absolute atomic E-state index is 12.9. The molecule has 1 aromatic heterocycles. The SMILES string of the molecule is C[C@H]1[C@H](C)S(=O)(=O)CCN1C(=O)c1ccnc2ccccc12. The van der Waals surface area contributed by atoms with Crippen molar-refractivity contribution in [3.05, 3.63) is 42.1 Å². The molecule has 2 aromatic rings. The van der Waals surface area contributed by atoms with Crippen LogP contribution in [0, 0.1) is 0 Å². The lowest BCUT2D eigenvalue weighted by Crippen LogP contribution is -2.54. The van der Waals surface area contributed by atoms with E-state index in [0.717, 1.165) is 10.9 Å². The number of rotatable bonds is 1. The van der Waals surface area contributed by atoms with Crippen LogP contribution in [0.5, 0.6) is 0 Å². The highest BCUT2D eigenvalue weighted by atomic mass is 32.2. The van der Waals surface area contributed by atoms with Crippen molar-refractivity contribution in [2.24, 2.45) is 0 Å². The smallest absolute Gasteiger partial charge is 0.254 e. The van der Waals surface area contributed by atoms with Gasteiger partial charge in [-0.1, -0.05) is 18.2 Å². The number of carbonyl (C=O) groups is 1. The largest absolute Gasteiger partial charge is 0.334 e. The fourth-order valence-corrected chi connectivity index (χ4v) is 4.46. The van der Waals surface area contributed by atoms with Crippen LogP contribution in [0.15, 0.2) is 36.5 Å². The Morgan fingerprint density at radius 1 is 1.23 bits per heavy atom. The van der Waals surface area contributed by atoms with Gasteiger partial charge in [0, 0.05) is 24.2 Å². The molecule has 1 fully saturated rings. The zero-order valence-corrected chi connectivity index (χ0v) is 13.4. The normalized spacial score (nSPS) is 24.4. The summed E-state index contributed by atoms with van der Waals surface area (Å²) in [6.45, 7) is 3.70. The Morgan fingerprint density at radius 2 is 1.95 bits per heavy atom. The molecule has 1 aromatic carbocycles. The molecule has 1 amide bonds. The van der Waals surface area contributed by atoms with Gasteiger partial charge in [-0.3, -0.25) is 9.78 Å². The first-order chi connectivity index (χ1) is 10.4. The van der Waals surface area contributed by atoms with Crippen LogP contribution in [0.3, 0.4) is 0 Å². The number of sulfone groups is 1. The molecule has 116 valence electrons. The Labute approximate surface area is 129 Å². The van der Waals surface area contributed by atoms with Crippen LogP contribution in [0.2, 0.25) is 0 Å². The fourth-order valence-electron chi connectivity index (χ4n) is 2.89. The molecule has 0 saturated carbocycles. The number of benzene rings is 1. The summed E-state index contributed by atoms with van der Waals surface area (Å²) in [5.74, 6) is -0.111. The van der Waals surface area contributed by atoms with E-state index in [1.807, 2.05) is 24.3 Å². The summed E-state index contributed by atoms with van der Waals surface area (Å²) in [7, 11) is -3.11. The summed E-state index contributed by atoms with van der Waals surface area (Å²) in [6, 6.07) is 8.84. The number of amides is 1. The van der Waals surface area contributed by atoms with Crippen molar-refractivity contribution in [1.29, 1.82) is 0 Å². The molecule has 6 heteroatoms. The van der Waals surface area contributed by atoms with Gasteiger partial charge in [-0.2, -0.15) is 0 Å². The third-order valence-electron chi connectivity index (χ3n) is 4.49. The number of nitrogens with zero attached hydrogens (tertiary/aromatic N) is 2. The molecule has 0 aliphatic carbocycles. The van der Waals surface area contributed by atoms with Crippen molar-refractivity contribution >= 4 is 26.6 Å². The number of aromatic nitrogens is 1. The lowest BCUT2D eigenvalue weighted by molar-refractivity contribution is 0.0695. The van der Waals surface area contributed by atoms with Crippen molar-refractivity contribution in [2.75, 3.05) is 12.3 Å². The van der Waals surface area contributed by atoms with Gasteiger partial charge in [0.1, 0.15) is 0 Å². The molecule has 1 saturated heterocycles. The highest BCUT2D eigenvalue weighted by Gasteiger charge is 2.38. The number of fused-ring (bicyclic) bond motifs is 1. The van der Waals surface area contributed by atoms with E-state index in [9.17, 15) is 13.2 Å². The van der Waals surface area contributed by atoms with E-state index in [1.165, 1.54) is 0 Å². The first-order valence-electron chi connectivity index (χ1n) is 7.28. The number of hydrogen-bond acceptors (Lipinski definition) is 4. The molecule has 3 rings (SSSR count). The van der Waals surface area contributed by atoms with Crippen molar-refractivity contribution in [3.63, 3.8) is 0 Å². The molecular weight excluding hydrogens is 300 g/mol. The lowest BCUT2D eigenvalue weighted by atomic mass is 10.1. The monoisotopic (exact) mass is 318 g/mol. The summed E-state index contributed by atoms with van der Waals surface area (Å²) in [4.78, 5) is 18.8. The van der Waals surface area contributed by atoms with Gasteiger partial charge < -0.3 is 4.90 Å². The molecule has 0 N–H and O–H groups in total. The summed E-state index contributed by atoms with van der Waals surface area (Å²) in [6.07, 6.45) is 1.62. The average molecular weight is 318 g/mol. The van der Waals surface area contributed by atoms with Crippen LogP contribution in [0.4, 0.5) is 0 Å². The van der Waals surface area contributed by atoms with Crippen molar-refractivity contribution in [1.82, 2.24) is 9.88 Å². The third kappa shape index (κ3) is 2.37. The highest BCUT2D eigenvalue weighted by molar-refractivity contribution is 7.92. The second-order valence-electron chi connectivity index (χ2n) is 5.69. The van der Waals surface area contributed by atoms with Crippen molar-refractivity contribution in [2.45, 2.75) is 25.1 Å². The van der Waals surface area contributed by atoms with E-state index in [2.05, 4.69) is 4.98 Å². The Bertz CT molecular complexity index is 827. The second-order valence-corrected chi connectivity index (χ2v) is 8.16. The highest BCUT2D eigenvalue weighted by Crippen LogP contribution is 2.24. The molecule has 22 heavy (non-hydrogen) atoms. The molecule has 0 radical (unpaired) electrons. The Balaban J connectivity index is 2.00. The molecule has 1 aliphatic rings. The van der Waals surface area contributed by atoms with Crippen LogP contribution >= 0.6 is 0 Å². The van der Waals surface area contributed by atoms with Gasteiger partial charge in [0.2, 0.25) is 0 Å². The fraction of sp³-hybridized carbons (Fsp3) is 0.375. The molecule has 2 atom stereocenters. The maximum Gasteiger partial charge on any atom is 0.254 e. The van der Waals surface area contributed by atoms with Crippen molar-refractivity contribution < 1.29 is 13.2 Å². The van der Waals surface area contributed by atoms with E-state index < -0.39 is 15.1 Å². The molecule has 1 aliphatic heterocycles. The summed E-state index contributed by atoms with van der Waals surface area (Å²) in [5.41, 5.74) is 1.34. The van der Waals surface area contributed by atoms with E-state index in [1.54, 1.807) is 31.0 Å². The van der Waals surface area contributed by atoms with Gasteiger partial charge in [-0.05, 0) is 26.0 Å². The first kappa shape index (κ1) is 15.0. The van der Waals surface area contributed by atoms with E-state index in [-0.39, 0.29) is 24.2 Å². The second kappa shape index (κ2) is 5.35. The topological polar surface area (TPSA) is 67.3 Å². The lowest BCUT2D eigenvalue weighted by Gasteiger charge is -2.37. The Morgan fingerprint density at radius 3 is 2.73 bits per heavy atom. The van der Waals surface area contributed by atoms with Gasteiger partial charge in [0.05, 0.1) is 22.1 Å². The predicted octanol–water partition coefficient (Wildman–Crippen LogP) is 1.88. The van der Waals surface area contributed by atoms with E-state index in [4.69, 9.17) is 0 Å². The molecule has 0 spiro atoms. The zero-order valence-electron chi connectivity index (χ0n) is 12.6. The van der Waals surface area contributed by atoms with E-state index >= 15 is 0 Å². The Kier molecular flexibility index (Phi) is 3.64. The number of carbonyl (C=O) groups excluding carboxylic acids is 1. The van der Waals surface area contributed by atoms with Gasteiger partial charge in [0.15, 0.2) is 9.84 Å². The first-order valence-corrected chi connectivity index (χ1v) is 8.99. The number of hydrogen-bond donors (Lipinski definition) is 0. The van der Waals surface area contributed by atoms with E-state index in [0.29, 0.717) is 5.56 Å². The van der Waals surface area contributed by atoms with Crippen LogP contribution in [0.1, 0.15) is 24.2 Å². The minimum absolute atomic E-state index is 0.0211. The molecule has 2 heterocycles. The number of pyridine rings is 1. The average Bonchev–Trinajstić information content (AvgIpc) is 2.52. The zero-order chi connectivity index (χ0) is 15.9. The van der Waals surface area contributed by atoms with Gasteiger partial charge >= 0.3 is 0 Å². The van der Waals surface area contributed by atoms with Crippen LogP contribution in [-0.2, 0) is 9.84 Å². The minimum Gasteiger partial charge on any atom is -0.334 e. The van der Waals surface area contributed by atoms with Gasteiger partial charge in [-0.15, -0.1) is 0 Å². The number of para-hydroxylation sites is 1. The molecule has 0 unspecified atom stereocenters. The van der Waals surface area contributed by atoms with Gasteiger partial charge in [-0.25, -0.2) is 8.42 Å².